The van der Waals surface area contributed by atoms with Crippen LogP contribution in [0.25, 0.3) is 0 Å². The van der Waals surface area contributed by atoms with Crippen molar-refractivity contribution in [1.29, 1.82) is 0 Å². The fourth-order valence-corrected chi connectivity index (χ4v) is 0.442. The second-order valence-corrected chi connectivity index (χ2v) is 1.92. The quantitative estimate of drug-likeness (QED) is 0.415. The maximum Gasteiger partial charge on any atom is 0.192 e. The molecular formula is C7H9IO. The van der Waals surface area contributed by atoms with Crippen LogP contribution in [0.2, 0.25) is 0 Å². The molecule has 0 bridgehead atoms. The summed E-state index contributed by atoms with van der Waals surface area (Å²) in [4.78, 5) is 0. The van der Waals surface area contributed by atoms with E-state index in [0.29, 0.717) is 0 Å². The third-order valence-electron chi connectivity index (χ3n) is 0.700. The van der Waals surface area contributed by atoms with Crippen molar-refractivity contribution in [3.63, 3.8) is 0 Å². The summed E-state index contributed by atoms with van der Waals surface area (Å²) in [6.45, 7) is 5.41. The van der Waals surface area contributed by atoms with E-state index in [1.54, 1.807) is 6.08 Å². The van der Waals surface area contributed by atoms with Gasteiger partial charge >= 0.3 is 0 Å². The molecule has 9 heavy (non-hydrogen) atoms. The molecule has 0 aromatic carbocycles. The number of allylic oxidation sites excluding steroid dienone is 5. The first kappa shape index (κ1) is 8.75. The second-order valence-electron chi connectivity index (χ2n) is 1.48. The zero-order valence-electron chi connectivity index (χ0n) is 5.30. The van der Waals surface area contributed by atoms with Crippen molar-refractivity contribution in [1.82, 2.24) is 0 Å². The van der Waals surface area contributed by atoms with Crippen molar-refractivity contribution >= 4 is 23.0 Å². The number of rotatable bonds is 3. The molecule has 0 aliphatic rings. The zero-order chi connectivity index (χ0) is 7.11. The van der Waals surface area contributed by atoms with Gasteiger partial charge in [-0.05, 0) is 13.0 Å². The molecule has 0 rings (SSSR count). The molecule has 0 aromatic heterocycles. The minimum absolute atomic E-state index is 0.883. The Kier molecular flexibility index (Phi) is 5.72. The van der Waals surface area contributed by atoms with Gasteiger partial charge in [0.1, 0.15) is 5.76 Å². The highest BCUT2D eigenvalue weighted by Gasteiger charge is 1.77. The van der Waals surface area contributed by atoms with Crippen LogP contribution >= 0.6 is 23.0 Å². The van der Waals surface area contributed by atoms with Gasteiger partial charge in [0.15, 0.2) is 23.0 Å². The average Bonchev–Trinajstić information content (AvgIpc) is 1.89. The fourth-order valence-electron chi connectivity index (χ4n) is 0.295. The van der Waals surface area contributed by atoms with Crippen molar-refractivity contribution in [2.75, 3.05) is 0 Å². The molecule has 2 heteroatoms. The molecule has 0 saturated heterocycles. The highest BCUT2D eigenvalue weighted by Crippen LogP contribution is 2.00. The lowest BCUT2D eigenvalue weighted by molar-refractivity contribution is 0.565. The molecule has 0 amide bonds. The van der Waals surface area contributed by atoms with Crippen LogP contribution in [0.1, 0.15) is 6.92 Å². The Morgan fingerprint density at radius 3 is 2.67 bits per heavy atom. The third kappa shape index (κ3) is 5.62. The third-order valence-corrected chi connectivity index (χ3v) is 1.39. The van der Waals surface area contributed by atoms with E-state index < -0.39 is 0 Å². The van der Waals surface area contributed by atoms with Gasteiger partial charge in [0.25, 0.3) is 0 Å². The zero-order valence-corrected chi connectivity index (χ0v) is 7.46. The molecule has 0 heterocycles. The van der Waals surface area contributed by atoms with Gasteiger partial charge in [-0.15, -0.1) is 0 Å². The van der Waals surface area contributed by atoms with E-state index in [0.717, 1.165) is 5.76 Å². The minimum atomic E-state index is 0.883. The van der Waals surface area contributed by atoms with Crippen molar-refractivity contribution in [2.24, 2.45) is 0 Å². The summed E-state index contributed by atoms with van der Waals surface area (Å²) in [6, 6.07) is 0. The van der Waals surface area contributed by atoms with E-state index in [9.17, 15) is 0 Å². The van der Waals surface area contributed by atoms with Crippen molar-refractivity contribution in [2.45, 2.75) is 6.92 Å². The monoisotopic (exact) mass is 236 g/mol. The maximum atomic E-state index is 4.84. The van der Waals surface area contributed by atoms with Crippen LogP contribution in [-0.4, -0.2) is 0 Å². The van der Waals surface area contributed by atoms with E-state index >= 15 is 0 Å². The summed E-state index contributed by atoms with van der Waals surface area (Å²) in [5.41, 5.74) is 0. The summed E-state index contributed by atoms with van der Waals surface area (Å²) in [7, 11) is 0. The largest absolute Gasteiger partial charge is 0.433 e. The van der Waals surface area contributed by atoms with Crippen LogP contribution in [-0.2, 0) is 3.07 Å². The molecule has 1 nitrogen and oxygen atoms in total. The van der Waals surface area contributed by atoms with Crippen LogP contribution < -0.4 is 0 Å². The SMILES string of the molecule is C=C/C=C\C=C(/C)OI. The van der Waals surface area contributed by atoms with E-state index in [1.807, 2.05) is 48.2 Å². The lowest BCUT2D eigenvalue weighted by Gasteiger charge is -1.89. The summed E-state index contributed by atoms with van der Waals surface area (Å²) in [5.74, 6) is 0.883. The Balaban J connectivity index is 3.67. The standard InChI is InChI=1S/C7H9IO/c1-3-4-5-6-7(2)9-8/h3-6H,1H2,2H3/b5-4-,7-6+. The van der Waals surface area contributed by atoms with Crippen LogP contribution in [0.3, 0.4) is 0 Å². The van der Waals surface area contributed by atoms with Gasteiger partial charge in [0.2, 0.25) is 0 Å². The summed E-state index contributed by atoms with van der Waals surface area (Å²) in [5, 5.41) is 0. The first-order chi connectivity index (χ1) is 4.31. The van der Waals surface area contributed by atoms with E-state index in [4.69, 9.17) is 3.07 Å². The lowest BCUT2D eigenvalue weighted by Crippen LogP contribution is -1.67. The Morgan fingerprint density at radius 1 is 1.56 bits per heavy atom. The Hall–Kier alpha value is -0.250. The predicted octanol–water partition coefficient (Wildman–Crippen LogP) is 3.00. The Bertz CT molecular complexity index is 136. The highest BCUT2D eigenvalue weighted by atomic mass is 127. The molecule has 50 valence electrons. The molecule has 0 aromatic rings. The molecule has 0 unspecified atom stereocenters. The molecule has 0 atom stereocenters. The Morgan fingerprint density at radius 2 is 2.22 bits per heavy atom. The normalized spacial score (nSPS) is 12.0. The number of hydrogen-bond donors (Lipinski definition) is 0. The molecule has 0 aliphatic carbocycles. The van der Waals surface area contributed by atoms with Crippen LogP contribution in [0.5, 0.6) is 0 Å². The van der Waals surface area contributed by atoms with Gasteiger partial charge in [0, 0.05) is 0 Å². The van der Waals surface area contributed by atoms with Crippen molar-refractivity contribution < 1.29 is 3.07 Å². The Labute approximate surface area is 69.8 Å². The van der Waals surface area contributed by atoms with Gasteiger partial charge in [0.05, 0.1) is 0 Å². The van der Waals surface area contributed by atoms with Crippen LogP contribution in [0.15, 0.2) is 36.6 Å². The molecular weight excluding hydrogens is 227 g/mol. The van der Waals surface area contributed by atoms with Gasteiger partial charge in [-0.1, -0.05) is 24.8 Å². The van der Waals surface area contributed by atoms with Gasteiger partial charge < -0.3 is 3.07 Å². The summed E-state index contributed by atoms with van der Waals surface area (Å²) in [6.07, 6.45) is 7.31. The molecule has 0 spiro atoms. The smallest absolute Gasteiger partial charge is 0.192 e. The van der Waals surface area contributed by atoms with Gasteiger partial charge in [-0.25, -0.2) is 0 Å². The molecule has 0 fully saturated rings. The topological polar surface area (TPSA) is 9.23 Å². The lowest BCUT2D eigenvalue weighted by atomic mass is 10.4. The first-order valence-corrected chi connectivity index (χ1v) is 3.44. The number of hydrogen-bond acceptors (Lipinski definition) is 1. The van der Waals surface area contributed by atoms with Crippen LogP contribution in [0.4, 0.5) is 0 Å². The molecule has 0 aliphatic heterocycles. The van der Waals surface area contributed by atoms with Crippen LogP contribution in [0, 0.1) is 0 Å². The minimum Gasteiger partial charge on any atom is -0.433 e. The first-order valence-electron chi connectivity index (χ1n) is 2.56. The maximum absolute atomic E-state index is 4.84. The van der Waals surface area contributed by atoms with E-state index in [2.05, 4.69) is 6.58 Å². The van der Waals surface area contributed by atoms with E-state index in [1.165, 1.54) is 0 Å². The molecule has 0 radical (unpaired) electrons. The predicted molar refractivity (Wildman–Crippen MR) is 48.2 cm³/mol. The second kappa shape index (κ2) is 5.88. The average molecular weight is 236 g/mol. The molecule has 0 N–H and O–H groups in total. The van der Waals surface area contributed by atoms with E-state index in [-0.39, 0.29) is 0 Å². The number of halogens is 1. The summed E-state index contributed by atoms with van der Waals surface area (Å²) >= 11 is 1.84. The van der Waals surface area contributed by atoms with Gasteiger partial charge in [-0.2, -0.15) is 0 Å². The summed E-state index contributed by atoms with van der Waals surface area (Å²) < 4.78 is 4.84. The van der Waals surface area contributed by atoms with Crippen molar-refractivity contribution in [3.05, 3.63) is 36.6 Å². The highest BCUT2D eigenvalue weighted by molar-refractivity contribution is 14.1. The molecule has 0 saturated carbocycles. The van der Waals surface area contributed by atoms with Gasteiger partial charge in [-0.3, -0.25) is 0 Å². The fraction of sp³-hybridized carbons (Fsp3) is 0.143. The van der Waals surface area contributed by atoms with Crippen molar-refractivity contribution in [3.8, 4) is 0 Å².